The van der Waals surface area contributed by atoms with Crippen LogP contribution in [0.3, 0.4) is 0 Å². The molecule has 0 unspecified atom stereocenters. The van der Waals surface area contributed by atoms with Crippen molar-refractivity contribution in [2.45, 2.75) is 13.8 Å². The van der Waals surface area contributed by atoms with Crippen molar-refractivity contribution in [3.05, 3.63) is 62.9 Å². The molecule has 0 fully saturated rings. The molecular weight excluding hydrogens is 403 g/mol. The van der Waals surface area contributed by atoms with Gasteiger partial charge < -0.3 is 10.6 Å². The number of carbonyl (C=O) groups excluding carboxylic acids is 2. The number of nitro benzene ring substituents is 1. The lowest BCUT2D eigenvalue weighted by Gasteiger charge is -2.19. The van der Waals surface area contributed by atoms with E-state index in [9.17, 15) is 24.1 Å². The van der Waals surface area contributed by atoms with Crippen LogP contribution in [0, 0.1) is 22.9 Å². The van der Waals surface area contributed by atoms with Gasteiger partial charge in [0.15, 0.2) is 0 Å². The summed E-state index contributed by atoms with van der Waals surface area (Å²) >= 11 is 5.94. The average molecular weight is 423 g/mol. The number of benzene rings is 2. The zero-order chi connectivity index (χ0) is 21.6. The Morgan fingerprint density at radius 3 is 2.31 bits per heavy atom. The number of nitro groups is 1. The molecule has 2 amide bonds. The number of aryl methyl sites for hydroxylation is 1. The molecule has 0 heterocycles. The van der Waals surface area contributed by atoms with Crippen LogP contribution in [0.25, 0.3) is 0 Å². The zero-order valence-corrected chi connectivity index (χ0v) is 16.6. The fourth-order valence-corrected chi connectivity index (χ4v) is 2.73. The van der Waals surface area contributed by atoms with Gasteiger partial charge in [-0.1, -0.05) is 24.6 Å². The van der Waals surface area contributed by atoms with Crippen molar-refractivity contribution in [3.63, 3.8) is 0 Å². The van der Waals surface area contributed by atoms with Gasteiger partial charge in [0.1, 0.15) is 11.5 Å². The quantitative estimate of drug-likeness (QED) is 0.499. The maximum atomic E-state index is 13.2. The first kappa shape index (κ1) is 22.3. The SMILES string of the molecule is CCN(CC(=O)Nc1cc(Cl)ccc1C)CC(=O)Nc1ccc(F)cc1[N+](=O)[O-]. The third kappa shape index (κ3) is 6.51. The highest BCUT2D eigenvalue weighted by Crippen LogP contribution is 2.25. The average Bonchev–Trinajstić information content (AvgIpc) is 2.65. The third-order valence-corrected chi connectivity index (χ3v) is 4.32. The summed E-state index contributed by atoms with van der Waals surface area (Å²) in [4.78, 5) is 36.4. The van der Waals surface area contributed by atoms with Crippen LogP contribution in [0.15, 0.2) is 36.4 Å². The maximum absolute atomic E-state index is 13.2. The van der Waals surface area contributed by atoms with Crippen molar-refractivity contribution in [1.29, 1.82) is 0 Å². The largest absolute Gasteiger partial charge is 0.325 e. The lowest BCUT2D eigenvalue weighted by atomic mass is 10.2. The van der Waals surface area contributed by atoms with Gasteiger partial charge in [-0.2, -0.15) is 0 Å². The van der Waals surface area contributed by atoms with Crippen LogP contribution in [0.2, 0.25) is 5.02 Å². The molecule has 0 aromatic heterocycles. The Balaban J connectivity index is 1.99. The van der Waals surface area contributed by atoms with Crippen molar-refractivity contribution < 1.29 is 18.9 Å². The lowest BCUT2D eigenvalue weighted by molar-refractivity contribution is -0.384. The van der Waals surface area contributed by atoms with E-state index >= 15 is 0 Å². The molecule has 10 heteroatoms. The van der Waals surface area contributed by atoms with E-state index in [1.807, 2.05) is 6.92 Å². The Bertz CT molecular complexity index is 938. The Labute approximate surface area is 171 Å². The number of hydrogen-bond acceptors (Lipinski definition) is 5. The van der Waals surface area contributed by atoms with Crippen LogP contribution in [0.1, 0.15) is 12.5 Å². The van der Waals surface area contributed by atoms with Crippen LogP contribution in [-0.4, -0.2) is 41.3 Å². The number of halogens is 2. The van der Waals surface area contributed by atoms with E-state index in [0.717, 1.165) is 23.8 Å². The molecule has 0 aliphatic rings. The highest BCUT2D eigenvalue weighted by Gasteiger charge is 2.19. The van der Waals surface area contributed by atoms with Gasteiger partial charge in [-0.05, 0) is 43.3 Å². The summed E-state index contributed by atoms with van der Waals surface area (Å²) in [6.07, 6.45) is 0. The molecule has 0 radical (unpaired) electrons. The Morgan fingerprint density at radius 1 is 1.10 bits per heavy atom. The minimum absolute atomic E-state index is 0.0681. The number of carbonyl (C=O) groups is 2. The first-order valence-electron chi connectivity index (χ1n) is 8.71. The van der Waals surface area contributed by atoms with Gasteiger partial charge in [-0.25, -0.2) is 4.39 Å². The predicted octanol–water partition coefficient (Wildman–Crippen LogP) is 3.59. The minimum Gasteiger partial charge on any atom is -0.325 e. The van der Waals surface area contributed by atoms with Crippen LogP contribution in [0.4, 0.5) is 21.5 Å². The molecule has 0 spiro atoms. The van der Waals surface area contributed by atoms with Gasteiger partial charge in [0.25, 0.3) is 5.69 Å². The van der Waals surface area contributed by atoms with Gasteiger partial charge in [0.2, 0.25) is 11.8 Å². The third-order valence-electron chi connectivity index (χ3n) is 4.09. The summed E-state index contributed by atoms with van der Waals surface area (Å²) < 4.78 is 13.2. The van der Waals surface area contributed by atoms with Crippen LogP contribution in [-0.2, 0) is 9.59 Å². The topological polar surface area (TPSA) is 105 Å². The number of hydrogen-bond donors (Lipinski definition) is 2. The molecule has 2 N–H and O–H groups in total. The van der Waals surface area contributed by atoms with E-state index in [4.69, 9.17) is 11.6 Å². The minimum atomic E-state index is -0.781. The fourth-order valence-electron chi connectivity index (χ4n) is 2.56. The molecule has 0 bridgehead atoms. The normalized spacial score (nSPS) is 10.7. The number of anilines is 2. The van der Waals surface area contributed by atoms with Gasteiger partial charge in [0.05, 0.1) is 24.1 Å². The summed E-state index contributed by atoms with van der Waals surface area (Å²) in [5.41, 5.74) is 0.754. The Kier molecular flexibility index (Phi) is 7.63. The lowest BCUT2D eigenvalue weighted by Crippen LogP contribution is -2.38. The van der Waals surface area contributed by atoms with E-state index in [1.165, 1.54) is 0 Å². The second-order valence-electron chi connectivity index (χ2n) is 6.28. The highest BCUT2D eigenvalue weighted by atomic mass is 35.5. The number of rotatable bonds is 8. The smallest absolute Gasteiger partial charge is 0.295 e. The van der Waals surface area contributed by atoms with Crippen molar-refractivity contribution >= 4 is 40.5 Å². The molecule has 0 aliphatic carbocycles. The molecule has 2 rings (SSSR count). The van der Waals surface area contributed by atoms with Gasteiger partial charge >= 0.3 is 0 Å². The second kappa shape index (κ2) is 9.94. The van der Waals surface area contributed by atoms with E-state index in [1.54, 1.807) is 30.0 Å². The molecule has 2 aromatic rings. The molecule has 0 saturated carbocycles. The zero-order valence-electron chi connectivity index (χ0n) is 15.9. The predicted molar refractivity (Wildman–Crippen MR) is 109 cm³/mol. The van der Waals surface area contributed by atoms with Crippen molar-refractivity contribution in [3.8, 4) is 0 Å². The molecule has 0 aliphatic heterocycles. The van der Waals surface area contributed by atoms with E-state index in [-0.39, 0.29) is 24.7 Å². The Morgan fingerprint density at radius 2 is 1.72 bits per heavy atom. The molecular formula is C19H20ClFN4O4. The molecule has 0 atom stereocenters. The first-order valence-corrected chi connectivity index (χ1v) is 9.09. The van der Waals surface area contributed by atoms with Crippen LogP contribution >= 0.6 is 11.6 Å². The summed E-state index contributed by atoms with van der Waals surface area (Å²) in [5, 5.41) is 16.6. The first-order chi connectivity index (χ1) is 13.7. The fraction of sp³-hybridized carbons (Fsp3) is 0.263. The number of nitrogens with one attached hydrogen (secondary N) is 2. The number of amides is 2. The van der Waals surface area contributed by atoms with Gasteiger partial charge in [0, 0.05) is 10.7 Å². The second-order valence-corrected chi connectivity index (χ2v) is 6.71. The van der Waals surface area contributed by atoms with Crippen molar-refractivity contribution in [2.24, 2.45) is 0 Å². The molecule has 0 saturated heterocycles. The standard InChI is InChI=1S/C19H20ClFN4O4/c1-3-24(11-19(27)23-16-8-13(20)5-4-12(16)2)10-18(26)22-15-7-6-14(21)9-17(15)25(28)29/h4-9H,3,10-11H2,1-2H3,(H,22,26)(H,23,27). The summed E-state index contributed by atoms with van der Waals surface area (Å²) in [7, 11) is 0. The summed E-state index contributed by atoms with van der Waals surface area (Å²) in [6.45, 7) is 3.74. The molecule has 154 valence electrons. The van der Waals surface area contributed by atoms with E-state index < -0.39 is 22.3 Å². The molecule has 2 aromatic carbocycles. The Hall–Kier alpha value is -3.04. The van der Waals surface area contributed by atoms with E-state index in [0.29, 0.717) is 17.3 Å². The van der Waals surface area contributed by atoms with Crippen molar-refractivity contribution in [2.75, 3.05) is 30.3 Å². The van der Waals surface area contributed by atoms with Crippen molar-refractivity contribution in [1.82, 2.24) is 4.90 Å². The number of nitrogens with zero attached hydrogens (tertiary/aromatic N) is 2. The highest BCUT2D eigenvalue weighted by molar-refractivity contribution is 6.31. The maximum Gasteiger partial charge on any atom is 0.295 e. The monoisotopic (exact) mass is 422 g/mol. The molecule has 29 heavy (non-hydrogen) atoms. The van der Waals surface area contributed by atoms with Gasteiger partial charge in [-0.3, -0.25) is 24.6 Å². The van der Waals surface area contributed by atoms with Crippen LogP contribution < -0.4 is 10.6 Å². The summed E-state index contributed by atoms with van der Waals surface area (Å²) in [5.74, 6) is -1.68. The number of likely N-dealkylation sites (N-methyl/N-ethyl adjacent to an activating group) is 1. The summed E-state index contributed by atoms with van der Waals surface area (Å²) in [6, 6.07) is 7.99. The molecule has 8 nitrogen and oxygen atoms in total. The van der Waals surface area contributed by atoms with Gasteiger partial charge in [-0.15, -0.1) is 0 Å². The van der Waals surface area contributed by atoms with E-state index in [2.05, 4.69) is 10.6 Å². The van der Waals surface area contributed by atoms with Crippen LogP contribution in [0.5, 0.6) is 0 Å².